The molecule has 0 aliphatic rings. The second kappa shape index (κ2) is 7.60. The zero-order valence-corrected chi connectivity index (χ0v) is 11.4. The molecular formula is C15H23N3. The van der Waals surface area contributed by atoms with E-state index in [1.165, 1.54) is 25.7 Å². The second-order valence-electron chi connectivity index (χ2n) is 4.69. The van der Waals surface area contributed by atoms with Crippen molar-refractivity contribution in [1.82, 2.24) is 0 Å². The van der Waals surface area contributed by atoms with Crippen LogP contribution in [0.3, 0.4) is 0 Å². The van der Waals surface area contributed by atoms with Crippen LogP contribution in [0.4, 0.5) is 11.4 Å². The summed E-state index contributed by atoms with van der Waals surface area (Å²) in [7, 11) is 0. The zero-order chi connectivity index (χ0) is 13.4. The van der Waals surface area contributed by atoms with Crippen molar-refractivity contribution in [3.63, 3.8) is 0 Å². The molecule has 0 radical (unpaired) electrons. The Labute approximate surface area is 110 Å². The number of nitrogens with two attached hydrogens (primary N) is 1. The van der Waals surface area contributed by atoms with Crippen molar-refractivity contribution in [3.05, 3.63) is 23.8 Å². The summed E-state index contributed by atoms with van der Waals surface area (Å²) in [4.78, 5) is 0. The summed E-state index contributed by atoms with van der Waals surface area (Å²) < 4.78 is 0. The first-order chi connectivity index (χ1) is 8.71. The first-order valence-electron chi connectivity index (χ1n) is 6.77. The summed E-state index contributed by atoms with van der Waals surface area (Å²) in [5.41, 5.74) is 7.81. The van der Waals surface area contributed by atoms with Gasteiger partial charge in [-0.15, -0.1) is 0 Å². The maximum Gasteiger partial charge on any atom is 0.101 e. The quantitative estimate of drug-likeness (QED) is 0.716. The highest BCUT2D eigenvalue weighted by atomic mass is 14.9. The van der Waals surface area contributed by atoms with Crippen LogP contribution >= 0.6 is 0 Å². The average molecular weight is 245 g/mol. The molecule has 1 rings (SSSR count). The molecule has 0 amide bonds. The average Bonchev–Trinajstić information content (AvgIpc) is 2.38. The van der Waals surface area contributed by atoms with Gasteiger partial charge in [0, 0.05) is 17.4 Å². The molecule has 3 heteroatoms. The number of anilines is 2. The van der Waals surface area contributed by atoms with Gasteiger partial charge >= 0.3 is 0 Å². The maximum absolute atomic E-state index is 8.96. The molecule has 1 unspecified atom stereocenters. The Morgan fingerprint density at radius 2 is 2.06 bits per heavy atom. The molecule has 1 atom stereocenters. The third-order valence-corrected chi connectivity index (χ3v) is 3.09. The van der Waals surface area contributed by atoms with Gasteiger partial charge in [-0.1, -0.05) is 33.1 Å². The van der Waals surface area contributed by atoms with E-state index in [2.05, 4.69) is 25.2 Å². The Bertz CT molecular complexity index is 407. The number of nitrogens with zero attached hydrogens (tertiary/aromatic N) is 1. The van der Waals surface area contributed by atoms with Crippen LogP contribution in [0, 0.1) is 11.3 Å². The lowest BCUT2D eigenvalue weighted by Gasteiger charge is -2.19. The lowest BCUT2D eigenvalue weighted by Crippen LogP contribution is -2.19. The lowest BCUT2D eigenvalue weighted by molar-refractivity contribution is 0.564. The van der Waals surface area contributed by atoms with E-state index in [0.717, 1.165) is 12.1 Å². The van der Waals surface area contributed by atoms with Crippen LogP contribution < -0.4 is 11.1 Å². The van der Waals surface area contributed by atoms with Gasteiger partial charge in [0.1, 0.15) is 6.07 Å². The van der Waals surface area contributed by atoms with Gasteiger partial charge in [0.25, 0.3) is 0 Å². The summed E-state index contributed by atoms with van der Waals surface area (Å²) in [5.74, 6) is 0. The highest BCUT2D eigenvalue weighted by Gasteiger charge is 2.08. The van der Waals surface area contributed by atoms with E-state index in [1.54, 1.807) is 6.07 Å². The van der Waals surface area contributed by atoms with Crippen molar-refractivity contribution in [2.24, 2.45) is 0 Å². The van der Waals surface area contributed by atoms with E-state index >= 15 is 0 Å². The molecule has 3 nitrogen and oxygen atoms in total. The van der Waals surface area contributed by atoms with Crippen LogP contribution in [0.5, 0.6) is 0 Å². The zero-order valence-electron chi connectivity index (χ0n) is 11.4. The molecule has 0 bridgehead atoms. The summed E-state index contributed by atoms with van der Waals surface area (Å²) in [6, 6.07) is 8.19. The van der Waals surface area contributed by atoms with Gasteiger partial charge in [0.05, 0.1) is 5.56 Å². The van der Waals surface area contributed by atoms with E-state index in [4.69, 9.17) is 11.0 Å². The lowest BCUT2D eigenvalue weighted by atomic mass is 10.0. The van der Waals surface area contributed by atoms with E-state index in [-0.39, 0.29) is 0 Å². The number of unbranched alkanes of at least 4 members (excludes halogenated alkanes) is 1. The number of nitrogen functional groups attached to an aromatic ring is 1. The van der Waals surface area contributed by atoms with E-state index in [9.17, 15) is 0 Å². The fourth-order valence-corrected chi connectivity index (χ4v) is 2.07. The van der Waals surface area contributed by atoms with Gasteiger partial charge in [0.2, 0.25) is 0 Å². The van der Waals surface area contributed by atoms with Crippen LogP contribution in [-0.2, 0) is 0 Å². The van der Waals surface area contributed by atoms with Crippen LogP contribution in [0.15, 0.2) is 18.2 Å². The number of benzene rings is 1. The highest BCUT2D eigenvalue weighted by molar-refractivity contribution is 5.62. The molecule has 0 saturated heterocycles. The molecule has 0 aliphatic heterocycles. The smallest absolute Gasteiger partial charge is 0.101 e. The van der Waals surface area contributed by atoms with Gasteiger partial charge in [-0.05, 0) is 31.0 Å². The highest BCUT2D eigenvalue weighted by Crippen LogP contribution is 2.20. The minimum atomic E-state index is 0.491. The van der Waals surface area contributed by atoms with Crippen molar-refractivity contribution in [3.8, 4) is 6.07 Å². The predicted octanol–water partition coefficient (Wildman–Crippen LogP) is 3.91. The number of hydrogen-bond donors (Lipinski definition) is 2. The third kappa shape index (κ3) is 4.29. The van der Waals surface area contributed by atoms with E-state index in [0.29, 0.717) is 17.3 Å². The fraction of sp³-hybridized carbons (Fsp3) is 0.533. The summed E-state index contributed by atoms with van der Waals surface area (Å²) in [6.07, 6.45) is 5.95. The molecule has 0 aliphatic carbocycles. The van der Waals surface area contributed by atoms with Crippen molar-refractivity contribution in [1.29, 1.82) is 5.26 Å². The minimum Gasteiger partial charge on any atom is -0.398 e. The molecule has 1 aromatic carbocycles. The number of rotatable bonds is 7. The van der Waals surface area contributed by atoms with Gasteiger partial charge in [-0.2, -0.15) is 5.26 Å². The first kappa shape index (κ1) is 14.4. The molecule has 18 heavy (non-hydrogen) atoms. The molecule has 0 heterocycles. The molecule has 1 aromatic rings. The van der Waals surface area contributed by atoms with Crippen molar-refractivity contribution in [2.75, 3.05) is 11.1 Å². The van der Waals surface area contributed by atoms with Gasteiger partial charge in [-0.25, -0.2) is 0 Å². The maximum atomic E-state index is 8.96. The number of hydrogen-bond acceptors (Lipinski definition) is 3. The van der Waals surface area contributed by atoms with Crippen LogP contribution in [0.25, 0.3) is 0 Å². The fourth-order valence-electron chi connectivity index (χ4n) is 2.07. The van der Waals surface area contributed by atoms with Gasteiger partial charge in [0.15, 0.2) is 0 Å². The predicted molar refractivity (Wildman–Crippen MR) is 77.4 cm³/mol. The Kier molecular flexibility index (Phi) is 6.07. The second-order valence-corrected chi connectivity index (χ2v) is 4.69. The summed E-state index contributed by atoms with van der Waals surface area (Å²) >= 11 is 0. The monoisotopic (exact) mass is 245 g/mol. The Morgan fingerprint density at radius 1 is 1.28 bits per heavy atom. The molecular weight excluding hydrogens is 222 g/mol. The normalized spacial score (nSPS) is 11.8. The van der Waals surface area contributed by atoms with Gasteiger partial charge < -0.3 is 11.1 Å². The third-order valence-electron chi connectivity index (χ3n) is 3.09. The number of nitriles is 1. The Hall–Kier alpha value is -1.69. The molecule has 0 spiro atoms. The topological polar surface area (TPSA) is 61.8 Å². The van der Waals surface area contributed by atoms with Crippen molar-refractivity contribution < 1.29 is 0 Å². The van der Waals surface area contributed by atoms with Crippen LogP contribution in [0.2, 0.25) is 0 Å². The molecule has 0 fully saturated rings. The van der Waals surface area contributed by atoms with Crippen molar-refractivity contribution >= 4 is 11.4 Å². The van der Waals surface area contributed by atoms with E-state index < -0.39 is 0 Å². The van der Waals surface area contributed by atoms with Gasteiger partial charge in [-0.3, -0.25) is 0 Å². The standard InChI is InChI=1S/C15H23N3/c1-3-5-7-13(6-4-2)18-14-8-9-15(17)12(10-14)11-16/h8-10,13,18H,3-7,17H2,1-2H3. The van der Waals surface area contributed by atoms with E-state index in [1.807, 2.05) is 12.1 Å². The SMILES string of the molecule is CCCCC(CCC)Nc1ccc(N)c(C#N)c1. The molecule has 0 aromatic heterocycles. The Balaban J connectivity index is 2.71. The summed E-state index contributed by atoms with van der Waals surface area (Å²) in [6.45, 7) is 4.41. The molecule has 98 valence electrons. The number of nitrogens with one attached hydrogen (secondary N) is 1. The Morgan fingerprint density at radius 3 is 2.67 bits per heavy atom. The van der Waals surface area contributed by atoms with Crippen LogP contribution in [0.1, 0.15) is 51.5 Å². The minimum absolute atomic E-state index is 0.491. The van der Waals surface area contributed by atoms with Crippen molar-refractivity contribution in [2.45, 2.75) is 52.0 Å². The molecule has 3 N–H and O–H groups in total. The molecule has 0 saturated carbocycles. The first-order valence-corrected chi connectivity index (χ1v) is 6.77. The summed E-state index contributed by atoms with van der Waals surface area (Å²) in [5, 5.41) is 12.5. The van der Waals surface area contributed by atoms with Crippen LogP contribution in [-0.4, -0.2) is 6.04 Å². The largest absolute Gasteiger partial charge is 0.398 e.